The van der Waals surface area contributed by atoms with Crippen LogP contribution < -0.4 is 5.32 Å². The molecule has 5 rings (SSSR count). The highest BCUT2D eigenvalue weighted by Crippen LogP contribution is 2.43. The molecule has 1 aliphatic rings. The van der Waals surface area contributed by atoms with E-state index in [0.29, 0.717) is 0 Å². The van der Waals surface area contributed by atoms with Crippen LogP contribution in [0, 0.1) is 0 Å². The number of hydrogen-bond donors (Lipinski definition) is 3. The number of nitrogens with zero attached hydrogens (tertiary/aromatic N) is 2. The SMILES string of the molecule is O=C(NC1CC1)C(S)(S)C(c1ccccc1)c1ccn2c(-c3ccccc3)ncc2c1. The summed E-state index contributed by atoms with van der Waals surface area (Å²) in [7, 11) is 0. The third-order valence-electron chi connectivity index (χ3n) is 5.70. The zero-order valence-electron chi connectivity index (χ0n) is 16.8. The first-order valence-electron chi connectivity index (χ1n) is 10.4. The predicted octanol–water partition coefficient (Wildman–Crippen LogP) is 4.97. The van der Waals surface area contributed by atoms with E-state index < -0.39 is 4.08 Å². The van der Waals surface area contributed by atoms with Crippen LogP contribution in [0.2, 0.25) is 0 Å². The highest BCUT2D eigenvalue weighted by Gasteiger charge is 2.43. The summed E-state index contributed by atoms with van der Waals surface area (Å²) in [5.74, 6) is 0.390. The van der Waals surface area contributed by atoms with Crippen LogP contribution in [0.25, 0.3) is 16.9 Å². The average molecular weight is 446 g/mol. The third kappa shape index (κ3) is 3.98. The van der Waals surface area contributed by atoms with E-state index >= 15 is 0 Å². The van der Waals surface area contributed by atoms with E-state index in [9.17, 15) is 4.79 Å². The molecule has 1 aliphatic carbocycles. The normalized spacial score (nSPS) is 15.0. The number of aromatic nitrogens is 2. The Kier molecular flexibility index (Phi) is 5.28. The van der Waals surface area contributed by atoms with E-state index in [-0.39, 0.29) is 17.9 Å². The number of benzene rings is 2. The Bertz CT molecular complexity index is 1220. The number of pyridine rings is 1. The predicted molar refractivity (Wildman–Crippen MR) is 131 cm³/mol. The molecule has 0 saturated heterocycles. The summed E-state index contributed by atoms with van der Waals surface area (Å²) in [5, 5.41) is 3.07. The van der Waals surface area contributed by atoms with Gasteiger partial charge in [0, 0.05) is 23.7 Å². The monoisotopic (exact) mass is 445 g/mol. The highest BCUT2D eigenvalue weighted by atomic mass is 32.2. The van der Waals surface area contributed by atoms with Crippen molar-refractivity contribution in [1.29, 1.82) is 0 Å². The minimum absolute atomic E-state index is 0.158. The van der Waals surface area contributed by atoms with Gasteiger partial charge in [0.25, 0.3) is 0 Å². The molecule has 0 radical (unpaired) electrons. The molecule has 0 aliphatic heterocycles. The number of carbonyl (C=O) groups excluding carboxylic acids is 1. The molecule has 6 heteroatoms. The quantitative estimate of drug-likeness (QED) is 0.290. The second-order valence-corrected chi connectivity index (χ2v) is 9.78. The van der Waals surface area contributed by atoms with E-state index in [1.165, 1.54) is 0 Å². The smallest absolute Gasteiger partial charge is 0.247 e. The van der Waals surface area contributed by atoms with Crippen LogP contribution in [0.1, 0.15) is 29.9 Å². The fourth-order valence-corrected chi connectivity index (χ4v) is 4.68. The van der Waals surface area contributed by atoms with E-state index in [1.54, 1.807) is 0 Å². The fraction of sp³-hybridized carbons (Fsp3) is 0.200. The van der Waals surface area contributed by atoms with Crippen LogP contribution in [0.3, 0.4) is 0 Å². The summed E-state index contributed by atoms with van der Waals surface area (Å²) in [6.07, 6.45) is 5.90. The largest absolute Gasteiger partial charge is 0.351 e. The number of fused-ring (bicyclic) bond motifs is 1. The number of thiol groups is 2. The second-order valence-electron chi connectivity index (χ2n) is 8.02. The topological polar surface area (TPSA) is 46.4 Å². The summed E-state index contributed by atoms with van der Waals surface area (Å²) in [6, 6.07) is 24.4. The Morgan fingerprint density at radius 2 is 1.68 bits per heavy atom. The molecule has 1 fully saturated rings. The maximum absolute atomic E-state index is 13.1. The molecule has 4 aromatic rings. The van der Waals surface area contributed by atoms with Crippen molar-refractivity contribution in [2.45, 2.75) is 28.9 Å². The highest BCUT2D eigenvalue weighted by molar-refractivity contribution is 8.02. The number of rotatable bonds is 6. The first kappa shape index (κ1) is 20.2. The van der Waals surface area contributed by atoms with E-state index in [1.807, 2.05) is 79.1 Å². The number of carbonyl (C=O) groups is 1. The van der Waals surface area contributed by atoms with Gasteiger partial charge in [-0.3, -0.25) is 9.20 Å². The van der Waals surface area contributed by atoms with Crippen molar-refractivity contribution in [2.75, 3.05) is 0 Å². The zero-order valence-corrected chi connectivity index (χ0v) is 18.6. The van der Waals surface area contributed by atoms with Crippen molar-refractivity contribution in [1.82, 2.24) is 14.7 Å². The maximum Gasteiger partial charge on any atom is 0.247 e. The van der Waals surface area contributed by atoms with Crippen LogP contribution in [-0.2, 0) is 4.79 Å². The molecule has 1 atom stereocenters. The first-order valence-corrected chi connectivity index (χ1v) is 11.3. The van der Waals surface area contributed by atoms with Crippen molar-refractivity contribution >= 4 is 36.7 Å². The average Bonchev–Trinajstić information content (AvgIpc) is 3.50. The number of nitrogens with one attached hydrogen (secondary N) is 1. The van der Waals surface area contributed by atoms with Crippen LogP contribution in [-0.4, -0.2) is 25.4 Å². The molecule has 1 N–H and O–H groups in total. The molecular formula is C25H23N3OS2. The molecule has 1 amide bonds. The van der Waals surface area contributed by atoms with Gasteiger partial charge >= 0.3 is 0 Å². The minimum Gasteiger partial charge on any atom is -0.351 e. The van der Waals surface area contributed by atoms with Crippen LogP contribution in [0.5, 0.6) is 0 Å². The molecule has 0 spiro atoms. The summed E-state index contributed by atoms with van der Waals surface area (Å²) in [6.45, 7) is 0. The Morgan fingerprint density at radius 1 is 1.00 bits per heavy atom. The summed E-state index contributed by atoms with van der Waals surface area (Å²) < 4.78 is 0.856. The minimum atomic E-state index is -1.20. The lowest BCUT2D eigenvalue weighted by molar-refractivity contribution is -0.121. The Hall–Kier alpha value is -2.70. The van der Waals surface area contributed by atoms with Gasteiger partial charge in [0.2, 0.25) is 5.91 Å². The van der Waals surface area contributed by atoms with Crippen molar-refractivity contribution < 1.29 is 4.79 Å². The van der Waals surface area contributed by atoms with Crippen molar-refractivity contribution in [3.63, 3.8) is 0 Å². The lowest BCUT2D eigenvalue weighted by Gasteiger charge is -2.32. The molecule has 4 nitrogen and oxygen atoms in total. The van der Waals surface area contributed by atoms with Crippen LogP contribution in [0.4, 0.5) is 0 Å². The van der Waals surface area contributed by atoms with Gasteiger partial charge in [-0.1, -0.05) is 60.7 Å². The lowest BCUT2D eigenvalue weighted by atomic mass is 9.87. The summed E-state index contributed by atoms with van der Waals surface area (Å²) in [4.78, 5) is 17.7. The molecule has 2 aromatic heterocycles. The molecule has 2 heterocycles. The van der Waals surface area contributed by atoms with Crippen LogP contribution >= 0.6 is 25.3 Å². The Labute approximate surface area is 192 Å². The van der Waals surface area contributed by atoms with Gasteiger partial charge in [-0.05, 0) is 36.1 Å². The van der Waals surface area contributed by atoms with E-state index in [4.69, 9.17) is 25.3 Å². The molecule has 31 heavy (non-hydrogen) atoms. The van der Waals surface area contributed by atoms with Crippen molar-refractivity contribution in [3.8, 4) is 11.4 Å². The molecule has 0 bridgehead atoms. The molecule has 2 aromatic carbocycles. The van der Waals surface area contributed by atoms with Crippen molar-refractivity contribution in [3.05, 3.63) is 96.3 Å². The number of imidazole rings is 1. The van der Waals surface area contributed by atoms with E-state index in [2.05, 4.69) is 20.8 Å². The standard InChI is InChI=1S/C25H23N3OS2/c29-24(27-20-11-12-20)25(30,31)22(17-7-3-1-4-8-17)19-13-14-28-21(15-19)16-26-23(28)18-9-5-2-6-10-18/h1-10,13-16,20,22,30-31H,11-12H2,(H,27,29). The van der Waals surface area contributed by atoms with Crippen LogP contribution in [0.15, 0.2) is 85.2 Å². The third-order valence-corrected chi connectivity index (χ3v) is 6.63. The second kappa shape index (κ2) is 8.09. The zero-order chi connectivity index (χ0) is 21.4. The van der Waals surface area contributed by atoms with Crippen molar-refractivity contribution in [2.24, 2.45) is 0 Å². The summed E-state index contributed by atoms with van der Waals surface area (Å²) >= 11 is 9.58. The Balaban J connectivity index is 1.58. The maximum atomic E-state index is 13.1. The molecule has 1 unspecified atom stereocenters. The molecule has 1 saturated carbocycles. The fourth-order valence-electron chi connectivity index (χ4n) is 3.95. The summed E-state index contributed by atoms with van der Waals surface area (Å²) in [5.41, 5.74) is 3.97. The van der Waals surface area contributed by atoms with Gasteiger partial charge in [0.1, 0.15) is 9.90 Å². The van der Waals surface area contributed by atoms with Gasteiger partial charge in [0.05, 0.1) is 11.7 Å². The van der Waals surface area contributed by atoms with E-state index in [0.717, 1.165) is 40.9 Å². The lowest BCUT2D eigenvalue weighted by Crippen LogP contribution is -2.44. The molecular weight excluding hydrogens is 422 g/mol. The first-order chi connectivity index (χ1) is 15.0. The van der Waals surface area contributed by atoms with Gasteiger partial charge in [-0.2, -0.15) is 25.3 Å². The van der Waals surface area contributed by atoms with Gasteiger partial charge < -0.3 is 5.32 Å². The molecule has 156 valence electrons. The van der Waals surface area contributed by atoms with Gasteiger partial charge in [-0.15, -0.1) is 0 Å². The van der Waals surface area contributed by atoms with Gasteiger partial charge in [0.15, 0.2) is 0 Å². The number of hydrogen-bond acceptors (Lipinski definition) is 4. The number of amides is 1. The van der Waals surface area contributed by atoms with Gasteiger partial charge in [-0.25, -0.2) is 4.98 Å². The Morgan fingerprint density at radius 3 is 2.35 bits per heavy atom.